The van der Waals surface area contributed by atoms with Crippen molar-refractivity contribution in [2.45, 2.75) is 11.5 Å². The lowest BCUT2D eigenvalue weighted by molar-refractivity contribution is 0.297. The molecule has 2 N–H and O–H groups in total. The monoisotopic (exact) mass is 264 g/mol. The molecule has 5 nitrogen and oxygen atoms in total. The summed E-state index contributed by atoms with van der Waals surface area (Å²) in [6.07, 6.45) is 3.31. The topological polar surface area (TPSA) is 82.3 Å². The van der Waals surface area contributed by atoms with Crippen LogP contribution in [0.2, 0.25) is 0 Å². The third kappa shape index (κ3) is 3.06. The molecule has 0 aliphatic heterocycles. The number of ether oxygens (including phenoxy) is 1. The fourth-order valence-electron chi connectivity index (χ4n) is 1.45. The fraction of sp³-hybridized carbons (Fsp3) is 0.0833. The number of nitrogens with zero attached hydrogens (tertiary/aromatic N) is 1. The minimum atomic E-state index is -3.78. The molecule has 0 aliphatic rings. The summed E-state index contributed by atoms with van der Waals surface area (Å²) in [5.74, 6) is 0.240. The van der Waals surface area contributed by atoms with E-state index in [0.29, 0.717) is 0 Å². The number of aromatic nitrogens is 1. The number of hydrogen-bond acceptors (Lipinski definition) is 4. The minimum Gasteiger partial charge on any atom is -0.487 e. The molecule has 0 saturated heterocycles. The molecule has 1 heterocycles. The molecule has 6 heteroatoms. The van der Waals surface area contributed by atoms with Crippen LogP contribution in [0.5, 0.6) is 5.75 Å². The molecule has 0 amide bonds. The van der Waals surface area contributed by atoms with E-state index >= 15 is 0 Å². The highest BCUT2D eigenvalue weighted by molar-refractivity contribution is 7.89. The zero-order chi connectivity index (χ0) is 13.0. The second-order valence-corrected chi connectivity index (χ2v) is 5.17. The largest absolute Gasteiger partial charge is 0.487 e. The Morgan fingerprint density at radius 2 is 1.94 bits per heavy atom. The maximum absolute atomic E-state index is 11.4. The number of nitrogens with two attached hydrogens (primary N) is 1. The predicted octanol–water partition coefficient (Wildman–Crippen LogP) is 1.31. The van der Waals surface area contributed by atoms with Gasteiger partial charge in [-0.25, -0.2) is 13.6 Å². The number of primary sulfonamides is 1. The van der Waals surface area contributed by atoms with Crippen molar-refractivity contribution in [2.75, 3.05) is 0 Å². The zero-order valence-electron chi connectivity index (χ0n) is 9.48. The highest BCUT2D eigenvalue weighted by atomic mass is 32.2. The highest BCUT2D eigenvalue weighted by Gasteiger charge is 2.14. The molecule has 0 radical (unpaired) electrons. The maximum atomic E-state index is 11.4. The second-order valence-electron chi connectivity index (χ2n) is 3.64. The Kier molecular flexibility index (Phi) is 3.59. The third-order valence-corrected chi connectivity index (χ3v) is 3.22. The van der Waals surface area contributed by atoms with Gasteiger partial charge in [-0.1, -0.05) is 18.2 Å². The fourth-order valence-corrected chi connectivity index (χ4v) is 2.12. The van der Waals surface area contributed by atoms with Crippen LogP contribution in [-0.4, -0.2) is 13.4 Å². The standard InChI is InChI=1S/C12H12N2O3S/c13-18(15,16)12-6-2-1-5-11(12)17-9-10-4-3-7-14-8-10/h1-8H,9H2,(H2,13,15,16). The predicted molar refractivity (Wildman–Crippen MR) is 66.4 cm³/mol. The van der Waals surface area contributed by atoms with Crippen molar-refractivity contribution >= 4 is 10.0 Å². The summed E-state index contributed by atoms with van der Waals surface area (Å²) in [4.78, 5) is 3.93. The highest BCUT2D eigenvalue weighted by Crippen LogP contribution is 2.22. The van der Waals surface area contributed by atoms with Gasteiger partial charge in [-0.3, -0.25) is 4.98 Å². The van der Waals surface area contributed by atoms with E-state index in [1.165, 1.54) is 6.07 Å². The molecular formula is C12H12N2O3S. The van der Waals surface area contributed by atoms with Crippen molar-refractivity contribution in [2.24, 2.45) is 5.14 Å². The van der Waals surface area contributed by atoms with Crippen molar-refractivity contribution in [3.63, 3.8) is 0 Å². The van der Waals surface area contributed by atoms with E-state index in [0.717, 1.165) is 5.56 Å². The van der Waals surface area contributed by atoms with Crippen LogP contribution in [0.4, 0.5) is 0 Å². The van der Waals surface area contributed by atoms with Crippen molar-refractivity contribution < 1.29 is 13.2 Å². The molecule has 0 fully saturated rings. The van der Waals surface area contributed by atoms with Gasteiger partial charge in [0.05, 0.1) is 0 Å². The van der Waals surface area contributed by atoms with Gasteiger partial charge in [-0.15, -0.1) is 0 Å². The van der Waals surface area contributed by atoms with E-state index < -0.39 is 10.0 Å². The summed E-state index contributed by atoms with van der Waals surface area (Å²) in [6, 6.07) is 9.88. The first-order chi connectivity index (χ1) is 8.57. The van der Waals surface area contributed by atoms with E-state index in [4.69, 9.17) is 9.88 Å². The summed E-state index contributed by atoms with van der Waals surface area (Å²) in [5, 5.41) is 5.11. The van der Waals surface area contributed by atoms with Crippen molar-refractivity contribution in [1.82, 2.24) is 4.98 Å². The number of benzene rings is 1. The van der Waals surface area contributed by atoms with E-state index in [1.807, 2.05) is 6.07 Å². The number of sulfonamides is 1. The molecule has 0 bridgehead atoms. The number of pyridine rings is 1. The normalized spacial score (nSPS) is 11.2. The Hall–Kier alpha value is -1.92. The van der Waals surface area contributed by atoms with Crippen LogP contribution in [0.15, 0.2) is 53.7 Å². The molecule has 1 aromatic heterocycles. The van der Waals surface area contributed by atoms with Crippen LogP contribution in [0, 0.1) is 0 Å². The molecule has 0 spiro atoms. The molecular weight excluding hydrogens is 252 g/mol. The van der Waals surface area contributed by atoms with Gasteiger partial charge in [0.2, 0.25) is 10.0 Å². The van der Waals surface area contributed by atoms with Crippen LogP contribution in [0.3, 0.4) is 0 Å². The summed E-state index contributed by atoms with van der Waals surface area (Å²) in [6.45, 7) is 0.236. The zero-order valence-corrected chi connectivity index (χ0v) is 10.3. The summed E-state index contributed by atoms with van der Waals surface area (Å²) < 4.78 is 28.2. The summed E-state index contributed by atoms with van der Waals surface area (Å²) in [5.41, 5.74) is 0.849. The molecule has 2 aromatic rings. The Morgan fingerprint density at radius 1 is 1.17 bits per heavy atom. The Labute approximate surface area is 105 Å². The van der Waals surface area contributed by atoms with Gasteiger partial charge in [-0.2, -0.15) is 0 Å². The van der Waals surface area contributed by atoms with Gasteiger partial charge in [0.1, 0.15) is 17.3 Å². The van der Waals surface area contributed by atoms with Gasteiger partial charge in [-0.05, 0) is 18.2 Å². The maximum Gasteiger partial charge on any atom is 0.241 e. The molecule has 1 aromatic carbocycles. The van der Waals surface area contributed by atoms with Crippen LogP contribution in [-0.2, 0) is 16.6 Å². The van der Waals surface area contributed by atoms with E-state index in [9.17, 15) is 8.42 Å². The SMILES string of the molecule is NS(=O)(=O)c1ccccc1OCc1cccnc1. The average molecular weight is 264 g/mol. The molecule has 0 saturated carbocycles. The van der Waals surface area contributed by atoms with Gasteiger partial charge in [0, 0.05) is 18.0 Å². The van der Waals surface area contributed by atoms with Crippen LogP contribution in [0.25, 0.3) is 0 Å². The van der Waals surface area contributed by atoms with Crippen LogP contribution >= 0.6 is 0 Å². The van der Waals surface area contributed by atoms with Crippen molar-refractivity contribution in [3.05, 3.63) is 54.4 Å². The average Bonchev–Trinajstić information content (AvgIpc) is 2.37. The number of hydrogen-bond donors (Lipinski definition) is 1. The smallest absolute Gasteiger partial charge is 0.241 e. The van der Waals surface area contributed by atoms with Crippen molar-refractivity contribution in [3.8, 4) is 5.75 Å². The lowest BCUT2D eigenvalue weighted by atomic mass is 10.3. The van der Waals surface area contributed by atoms with E-state index in [-0.39, 0.29) is 17.3 Å². The Morgan fingerprint density at radius 3 is 2.61 bits per heavy atom. The second kappa shape index (κ2) is 5.16. The summed E-state index contributed by atoms with van der Waals surface area (Å²) in [7, 11) is -3.78. The minimum absolute atomic E-state index is 0.0195. The van der Waals surface area contributed by atoms with Gasteiger partial charge in [0.15, 0.2) is 0 Å². The Balaban J connectivity index is 2.20. The molecule has 0 unspecified atom stereocenters. The van der Waals surface area contributed by atoms with Crippen LogP contribution < -0.4 is 9.88 Å². The quantitative estimate of drug-likeness (QED) is 0.902. The first kappa shape index (κ1) is 12.5. The summed E-state index contributed by atoms with van der Waals surface area (Å²) >= 11 is 0. The lowest BCUT2D eigenvalue weighted by Crippen LogP contribution is -2.13. The first-order valence-corrected chi connectivity index (χ1v) is 6.75. The number of para-hydroxylation sites is 1. The molecule has 0 aliphatic carbocycles. The van der Waals surface area contributed by atoms with E-state index in [1.54, 1.807) is 36.7 Å². The molecule has 18 heavy (non-hydrogen) atoms. The van der Waals surface area contributed by atoms with Crippen LogP contribution in [0.1, 0.15) is 5.56 Å². The van der Waals surface area contributed by atoms with Gasteiger partial charge < -0.3 is 4.74 Å². The molecule has 0 atom stereocenters. The van der Waals surface area contributed by atoms with Gasteiger partial charge >= 0.3 is 0 Å². The molecule has 94 valence electrons. The third-order valence-electron chi connectivity index (χ3n) is 2.27. The lowest BCUT2D eigenvalue weighted by Gasteiger charge is -2.09. The van der Waals surface area contributed by atoms with Crippen molar-refractivity contribution in [1.29, 1.82) is 0 Å². The first-order valence-electron chi connectivity index (χ1n) is 5.21. The van der Waals surface area contributed by atoms with Gasteiger partial charge in [0.25, 0.3) is 0 Å². The number of rotatable bonds is 4. The van der Waals surface area contributed by atoms with E-state index in [2.05, 4.69) is 4.98 Å². The molecule has 2 rings (SSSR count). The Bertz CT molecular complexity index is 627.